The first-order chi connectivity index (χ1) is 16.3. The zero-order valence-electron chi connectivity index (χ0n) is 19.1. The van der Waals surface area contributed by atoms with Gasteiger partial charge >= 0.3 is 0 Å². The number of hydrogen-bond donors (Lipinski definition) is 2. The molecule has 0 atom stereocenters. The molecular weight excluding hydrogens is 456 g/mol. The Labute approximate surface area is 202 Å². The Kier molecular flexibility index (Phi) is 7.12. The highest BCUT2D eigenvalue weighted by molar-refractivity contribution is 6.34. The number of halogens is 1. The van der Waals surface area contributed by atoms with Crippen LogP contribution in [0, 0.1) is 16.0 Å². The minimum atomic E-state index is -0.537. The second-order valence-corrected chi connectivity index (χ2v) is 9.18. The van der Waals surface area contributed by atoms with Gasteiger partial charge in [0.05, 0.1) is 21.0 Å². The lowest BCUT2D eigenvalue weighted by atomic mass is 9.86. The van der Waals surface area contributed by atoms with E-state index in [2.05, 4.69) is 15.6 Å². The Balaban J connectivity index is 1.31. The number of hydrogen-bond acceptors (Lipinski definition) is 7. The molecule has 2 aromatic carbocycles. The molecule has 9 nitrogen and oxygen atoms in total. The molecule has 34 heavy (non-hydrogen) atoms. The molecule has 1 saturated carbocycles. The number of carbonyl (C=O) groups excluding carboxylic acids is 1. The summed E-state index contributed by atoms with van der Waals surface area (Å²) in [5.74, 6) is 1.55. The first-order valence-corrected chi connectivity index (χ1v) is 11.6. The van der Waals surface area contributed by atoms with Crippen LogP contribution < -0.4 is 15.5 Å². The lowest BCUT2D eigenvalue weighted by Crippen LogP contribution is -2.34. The van der Waals surface area contributed by atoms with Gasteiger partial charge in [-0.15, -0.1) is 0 Å². The number of nitro groups is 1. The van der Waals surface area contributed by atoms with E-state index in [-0.39, 0.29) is 28.2 Å². The van der Waals surface area contributed by atoms with Crippen molar-refractivity contribution in [3.63, 3.8) is 0 Å². The van der Waals surface area contributed by atoms with Gasteiger partial charge in [0.2, 0.25) is 5.95 Å². The second kappa shape index (κ2) is 10.2. The number of nitrogens with one attached hydrogen (secondary N) is 2. The van der Waals surface area contributed by atoms with Gasteiger partial charge in [-0.2, -0.15) is 4.98 Å². The fraction of sp³-hybridized carbons (Fsp3) is 0.375. The van der Waals surface area contributed by atoms with Crippen LogP contribution in [0.2, 0.25) is 5.02 Å². The van der Waals surface area contributed by atoms with Crippen LogP contribution in [-0.4, -0.2) is 47.5 Å². The fourth-order valence-electron chi connectivity index (χ4n) is 4.29. The number of nitro benzene ring substituents is 1. The van der Waals surface area contributed by atoms with E-state index < -0.39 is 4.92 Å². The highest BCUT2D eigenvalue weighted by atomic mass is 35.5. The highest BCUT2D eigenvalue weighted by Crippen LogP contribution is 2.28. The van der Waals surface area contributed by atoms with Gasteiger partial charge in [0.15, 0.2) is 0 Å². The van der Waals surface area contributed by atoms with Crippen molar-refractivity contribution in [2.75, 3.05) is 30.9 Å². The predicted octanol–water partition coefficient (Wildman–Crippen LogP) is 4.66. The molecule has 4 rings (SSSR count). The van der Waals surface area contributed by atoms with Crippen molar-refractivity contribution in [2.45, 2.75) is 31.7 Å². The molecule has 0 unspecified atom stereocenters. The van der Waals surface area contributed by atoms with Crippen molar-refractivity contribution < 1.29 is 9.72 Å². The van der Waals surface area contributed by atoms with Gasteiger partial charge in [-0.3, -0.25) is 14.9 Å². The third kappa shape index (κ3) is 5.36. The second-order valence-electron chi connectivity index (χ2n) is 8.78. The maximum absolute atomic E-state index is 12.5. The summed E-state index contributed by atoms with van der Waals surface area (Å²) < 4.78 is 0. The van der Waals surface area contributed by atoms with Gasteiger partial charge < -0.3 is 15.5 Å². The molecule has 1 aliphatic carbocycles. The quantitative estimate of drug-likeness (QED) is 0.372. The van der Waals surface area contributed by atoms with Crippen molar-refractivity contribution in [1.29, 1.82) is 0 Å². The van der Waals surface area contributed by atoms with Crippen molar-refractivity contribution >= 4 is 45.9 Å². The van der Waals surface area contributed by atoms with Crippen LogP contribution in [0.5, 0.6) is 0 Å². The SMILES string of the molecule is CN(C)c1nc(N[C@H]2CC[C@@H](CNC(=O)c3ccc([N+](=O)[O-])cc3Cl)CC2)nc2ccccc12. The van der Waals surface area contributed by atoms with Crippen LogP contribution >= 0.6 is 11.6 Å². The summed E-state index contributed by atoms with van der Waals surface area (Å²) in [7, 11) is 3.95. The van der Waals surface area contributed by atoms with Gasteiger partial charge in [-0.25, -0.2) is 4.98 Å². The van der Waals surface area contributed by atoms with Crippen LogP contribution in [0.25, 0.3) is 10.9 Å². The zero-order valence-corrected chi connectivity index (χ0v) is 19.9. The van der Waals surface area contributed by atoms with Gasteiger partial charge in [-0.05, 0) is 49.8 Å². The molecule has 1 heterocycles. The number of non-ortho nitro benzene ring substituents is 1. The summed E-state index contributed by atoms with van der Waals surface area (Å²) in [6.07, 6.45) is 3.82. The number of carbonyl (C=O) groups is 1. The number of amides is 1. The Morgan fingerprint density at radius 3 is 2.56 bits per heavy atom. The van der Waals surface area contributed by atoms with Gasteiger partial charge in [-0.1, -0.05) is 23.7 Å². The number of nitrogens with zero attached hydrogens (tertiary/aromatic N) is 4. The van der Waals surface area contributed by atoms with Crippen LogP contribution in [0.1, 0.15) is 36.0 Å². The molecule has 2 N–H and O–H groups in total. The summed E-state index contributed by atoms with van der Waals surface area (Å²) in [6.45, 7) is 0.538. The average molecular weight is 483 g/mol. The van der Waals surface area contributed by atoms with E-state index >= 15 is 0 Å². The van der Waals surface area contributed by atoms with Crippen LogP contribution in [0.3, 0.4) is 0 Å². The lowest BCUT2D eigenvalue weighted by Gasteiger charge is -2.29. The first-order valence-electron chi connectivity index (χ1n) is 11.2. The molecule has 0 spiro atoms. The van der Waals surface area contributed by atoms with Crippen molar-refractivity contribution in [3.05, 3.63) is 63.2 Å². The number of rotatable bonds is 7. The highest BCUT2D eigenvalue weighted by Gasteiger charge is 2.23. The van der Waals surface area contributed by atoms with Gasteiger partial charge in [0.25, 0.3) is 11.6 Å². The molecule has 0 aliphatic heterocycles. The third-order valence-corrected chi connectivity index (χ3v) is 6.46. The standard InChI is InChI=1S/C24H27ClN6O3/c1-30(2)22-19-5-3-4-6-21(19)28-24(29-22)27-16-9-7-15(8-10-16)14-26-23(32)18-12-11-17(31(33)34)13-20(18)25/h3-6,11-13,15-16H,7-10,14H2,1-2H3,(H,26,32)(H,27,28,29)/t15-,16+. The lowest BCUT2D eigenvalue weighted by molar-refractivity contribution is -0.384. The number of benzene rings is 2. The van der Waals surface area contributed by atoms with E-state index in [1.807, 2.05) is 43.3 Å². The van der Waals surface area contributed by atoms with Crippen molar-refractivity contribution in [3.8, 4) is 0 Å². The molecule has 1 aliphatic rings. The van der Waals surface area contributed by atoms with Crippen molar-refractivity contribution in [2.24, 2.45) is 5.92 Å². The Hall–Kier alpha value is -3.46. The largest absolute Gasteiger partial charge is 0.362 e. The smallest absolute Gasteiger partial charge is 0.270 e. The van der Waals surface area contributed by atoms with E-state index in [0.29, 0.717) is 18.4 Å². The Bertz CT molecular complexity index is 1210. The van der Waals surface area contributed by atoms with Gasteiger partial charge in [0, 0.05) is 44.2 Å². The topological polar surface area (TPSA) is 113 Å². The summed E-state index contributed by atoms with van der Waals surface area (Å²) >= 11 is 6.06. The molecule has 0 radical (unpaired) electrons. The fourth-order valence-corrected chi connectivity index (χ4v) is 4.55. The minimum Gasteiger partial charge on any atom is -0.362 e. The molecule has 3 aromatic rings. The van der Waals surface area contributed by atoms with Gasteiger partial charge in [0.1, 0.15) is 5.82 Å². The number of anilines is 2. The molecular formula is C24H27ClN6O3. The molecule has 0 bridgehead atoms. The van der Waals surface area contributed by atoms with Crippen LogP contribution in [0.15, 0.2) is 42.5 Å². The molecule has 1 aromatic heterocycles. The maximum Gasteiger partial charge on any atom is 0.270 e. The van der Waals surface area contributed by atoms with E-state index in [4.69, 9.17) is 16.6 Å². The zero-order chi connectivity index (χ0) is 24.2. The summed E-state index contributed by atoms with van der Waals surface area (Å²) in [5, 5.41) is 18.4. The third-order valence-electron chi connectivity index (χ3n) is 6.15. The normalized spacial score (nSPS) is 17.9. The molecule has 0 saturated heterocycles. The predicted molar refractivity (Wildman–Crippen MR) is 134 cm³/mol. The molecule has 10 heteroatoms. The first kappa shape index (κ1) is 23.7. The van der Waals surface area contributed by atoms with E-state index in [9.17, 15) is 14.9 Å². The van der Waals surface area contributed by atoms with E-state index in [1.54, 1.807) is 0 Å². The van der Waals surface area contributed by atoms with Crippen LogP contribution in [-0.2, 0) is 0 Å². The molecule has 1 fully saturated rings. The summed E-state index contributed by atoms with van der Waals surface area (Å²) in [4.78, 5) is 34.2. The number of para-hydroxylation sites is 1. The average Bonchev–Trinajstić information content (AvgIpc) is 2.82. The summed E-state index contributed by atoms with van der Waals surface area (Å²) in [5.41, 5.74) is 1.01. The number of aromatic nitrogens is 2. The maximum atomic E-state index is 12.5. The molecule has 1 amide bonds. The van der Waals surface area contributed by atoms with Crippen LogP contribution in [0.4, 0.5) is 17.5 Å². The Morgan fingerprint density at radius 1 is 1.15 bits per heavy atom. The summed E-state index contributed by atoms with van der Waals surface area (Å²) in [6, 6.07) is 12.1. The monoisotopic (exact) mass is 482 g/mol. The Morgan fingerprint density at radius 2 is 1.88 bits per heavy atom. The minimum absolute atomic E-state index is 0.0760. The van der Waals surface area contributed by atoms with E-state index in [1.165, 1.54) is 18.2 Å². The number of fused-ring (bicyclic) bond motifs is 1. The van der Waals surface area contributed by atoms with Crippen molar-refractivity contribution in [1.82, 2.24) is 15.3 Å². The van der Waals surface area contributed by atoms with E-state index in [0.717, 1.165) is 42.4 Å². The molecule has 178 valence electrons.